The third-order valence-electron chi connectivity index (χ3n) is 3.08. The van der Waals surface area contributed by atoms with Gasteiger partial charge in [0.1, 0.15) is 11.6 Å². The van der Waals surface area contributed by atoms with Gasteiger partial charge >= 0.3 is 5.97 Å². The van der Waals surface area contributed by atoms with Crippen LogP contribution in [0.15, 0.2) is 16.9 Å². The van der Waals surface area contributed by atoms with Gasteiger partial charge < -0.3 is 14.2 Å². The van der Waals surface area contributed by atoms with Crippen molar-refractivity contribution in [2.75, 3.05) is 0 Å². The van der Waals surface area contributed by atoms with Crippen molar-refractivity contribution in [1.29, 1.82) is 0 Å². The van der Waals surface area contributed by atoms with E-state index < -0.39 is 5.97 Å². The first-order valence-electron chi connectivity index (χ1n) is 5.35. The number of carbonyl (C=O) groups is 1. The van der Waals surface area contributed by atoms with Crippen molar-refractivity contribution in [1.82, 2.24) is 14.7 Å². The molecular formula is C11H11N3O3. The summed E-state index contributed by atoms with van der Waals surface area (Å²) in [5, 5.41) is 12.6. The van der Waals surface area contributed by atoms with Gasteiger partial charge in [0.15, 0.2) is 0 Å². The van der Waals surface area contributed by atoms with E-state index >= 15 is 0 Å². The summed E-state index contributed by atoms with van der Waals surface area (Å²) in [4.78, 5) is 15.3. The van der Waals surface area contributed by atoms with E-state index in [9.17, 15) is 4.79 Å². The number of rotatable bonds is 2. The van der Waals surface area contributed by atoms with Crippen molar-refractivity contribution in [3.63, 3.8) is 0 Å². The maximum Gasteiger partial charge on any atom is 0.308 e. The zero-order valence-corrected chi connectivity index (χ0v) is 9.25. The standard InChI is InChI=1S/C11H11N3O3/c1-6-8(3-12-17-6)9-5-14-4-7(11(15)16)2-10(14)13-9/h3,5,7H,2,4H2,1H3,(H,15,16). The number of carboxylic acids is 1. The number of aromatic nitrogens is 3. The summed E-state index contributed by atoms with van der Waals surface area (Å²) < 4.78 is 6.88. The topological polar surface area (TPSA) is 81.2 Å². The van der Waals surface area contributed by atoms with E-state index in [1.807, 2.05) is 17.7 Å². The highest BCUT2D eigenvalue weighted by molar-refractivity contribution is 5.71. The molecule has 88 valence electrons. The fourth-order valence-corrected chi connectivity index (χ4v) is 2.14. The maximum atomic E-state index is 10.9. The molecule has 0 fully saturated rings. The van der Waals surface area contributed by atoms with Crippen LogP contribution in [0.4, 0.5) is 0 Å². The van der Waals surface area contributed by atoms with Gasteiger partial charge in [-0.25, -0.2) is 4.98 Å². The Balaban J connectivity index is 1.93. The zero-order valence-electron chi connectivity index (χ0n) is 9.25. The van der Waals surface area contributed by atoms with E-state index in [2.05, 4.69) is 10.1 Å². The molecule has 17 heavy (non-hydrogen) atoms. The lowest BCUT2D eigenvalue weighted by atomic mass is 10.1. The summed E-state index contributed by atoms with van der Waals surface area (Å²) in [6.07, 6.45) is 3.97. The van der Waals surface area contributed by atoms with Crippen LogP contribution in [0.2, 0.25) is 0 Å². The van der Waals surface area contributed by atoms with Crippen LogP contribution in [0.1, 0.15) is 11.6 Å². The molecule has 3 rings (SSSR count). The van der Waals surface area contributed by atoms with Crippen LogP contribution in [-0.4, -0.2) is 25.8 Å². The molecule has 0 aliphatic carbocycles. The van der Waals surface area contributed by atoms with Gasteiger partial charge in [-0.15, -0.1) is 0 Å². The predicted octanol–water partition coefficient (Wildman–Crippen LogP) is 1.10. The molecule has 0 saturated heterocycles. The highest BCUT2D eigenvalue weighted by Crippen LogP contribution is 2.27. The number of imidazole rings is 1. The second-order valence-electron chi connectivity index (χ2n) is 4.23. The van der Waals surface area contributed by atoms with E-state index in [4.69, 9.17) is 9.63 Å². The predicted molar refractivity (Wildman–Crippen MR) is 57.3 cm³/mol. The molecule has 0 radical (unpaired) electrons. The van der Waals surface area contributed by atoms with E-state index in [1.165, 1.54) is 0 Å². The third-order valence-corrected chi connectivity index (χ3v) is 3.08. The number of hydrogen-bond donors (Lipinski definition) is 1. The Kier molecular flexibility index (Phi) is 2.04. The molecule has 2 aromatic rings. The van der Waals surface area contributed by atoms with Crippen molar-refractivity contribution in [3.8, 4) is 11.3 Å². The molecule has 1 aliphatic rings. The SMILES string of the molecule is Cc1oncc1-c1cn2c(n1)CC(C(=O)O)C2. The monoisotopic (exact) mass is 233 g/mol. The van der Waals surface area contributed by atoms with E-state index in [0.717, 1.165) is 22.8 Å². The van der Waals surface area contributed by atoms with Crippen LogP contribution in [0.25, 0.3) is 11.3 Å². The molecule has 0 spiro atoms. The Morgan fingerprint density at radius 2 is 2.47 bits per heavy atom. The first-order chi connectivity index (χ1) is 8.15. The number of nitrogens with zero attached hydrogens (tertiary/aromatic N) is 3. The van der Waals surface area contributed by atoms with Crippen LogP contribution < -0.4 is 0 Å². The molecule has 2 aromatic heterocycles. The average Bonchev–Trinajstić information content (AvgIpc) is 2.88. The Morgan fingerprint density at radius 3 is 3.06 bits per heavy atom. The zero-order chi connectivity index (χ0) is 12.0. The van der Waals surface area contributed by atoms with Gasteiger partial charge in [-0.05, 0) is 6.92 Å². The molecule has 3 heterocycles. The minimum absolute atomic E-state index is 0.352. The molecule has 6 nitrogen and oxygen atoms in total. The smallest absolute Gasteiger partial charge is 0.308 e. The first-order valence-corrected chi connectivity index (χ1v) is 5.35. The van der Waals surface area contributed by atoms with Crippen LogP contribution in [0.5, 0.6) is 0 Å². The quantitative estimate of drug-likeness (QED) is 0.840. The van der Waals surface area contributed by atoms with Crippen molar-refractivity contribution in [2.24, 2.45) is 5.92 Å². The van der Waals surface area contributed by atoms with E-state index in [-0.39, 0.29) is 5.92 Å². The van der Waals surface area contributed by atoms with Gasteiger partial charge in [0.25, 0.3) is 0 Å². The molecule has 1 atom stereocenters. The van der Waals surface area contributed by atoms with Gasteiger partial charge in [0.05, 0.1) is 23.4 Å². The van der Waals surface area contributed by atoms with Crippen LogP contribution >= 0.6 is 0 Å². The molecular weight excluding hydrogens is 222 g/mol. The van der Waals surface area contributed by atoms with E-state index in [0.29, 0.717) is 13.0 Å². The molecule has 0 bridgehead atoms. The summed E-state index contributed by atoms with van der Waals surface area (Å²) in [6, 6.07) is 0. The van der Waals surface area contributed by atoms with Gasteiger partial charge in [0.2, 0.25) is 0 Å². The van der Waals surface area contributed by atoms with Gasteiger partial charge in [0, 0.05) is 19.2 Å². The van der Waals surface area contributed by atoms with Gasteiger partial charge in [-0.2, -0.15) is 0 Å². The fourth-order valence-electron chi connectivity index (χ4n) is 2.14. The van der Waals surface area contributed by atoms with Crippen LogP contribution in [0.3, 0.4) is 0 Å². The minimum atomic E-state index is -0.766. The maximum absolute atomic E-state index is 10.9. The first kappa shape index (κ1) is 10.1. The molecule has 0 amide bonds. The van der Waals surface area contributed by atoms with E-state index in [1.54, 1.807) is 6.20 Å². The molecule has 1 aliphatic heterocycles. The highest BCUT2D eigenvalue weighted by Gasteiger charge is 2.29. The van der Waals surface area contributed by atoms with Crippen molar-refractivity contribution >= 4 is 5.97 Å². The Morgan fingerprint density at radius 1 is 1.65 bits per heavy atom. The molecule has 1 unspecified atom stereocenters. The number of carboxylic acid groups (broad SMARTS) is 1. The average molecular weight is 233 g/mol. The Hall–Kier alpha value is -2.11. The van der Waals surface area contributed by atoms with Crippen molar-refractivity contribution in [3.05, 3.63) is 24.0 Å². The summed E-state index contributed by atoms with van der Waals surface area (Å²) in [5.41, 5.74) is 1.65. The Labute approximate surface area is 96.9 Å². The van der Waals surface area contributed by atoms with Crippen molar-refractivity contribution < 1.29 is 14.4 Å². The largest absolute Gasteiger partial charge is 0.481 e. The Bertz CT molecular complexity index is 561. The van der Waals surface area contributed by atoms with Gasteiger partial charge in [-0.1, -0.05) is 5.16 Å². The lowest BCUT2D eigenvalue weighted by Gasteiger charge is -2.00. The highest BCUT2D eigenvalue weighted by atomic mass is 16.5. The number of aryl methyl sites for hydroxylation is 1. The summed E-state index contributed by atoms with van der Waals surface area (Å²) >= 11 is 0. The third kappa shape index (κ3) is 1.52. The fraction of sp³-hybridized carbons (Fsp3) is 0.364. The molecule has 6 heteroatoms. The minimum Gasteiger partial charge on any atom is -0.481 e. The van der Waals surface area contributed by atoms with Crippen LogP contribution in [-0.2, 0) is 17.8 Å². The number of hydrogen-bond acceptors (Lipinski definition) is 4. The lowest BCUT2D eigenvalue weighted by molar-refractivity contribution is -0.141. The summed E-state index contributed by atoms with van der Waals surface area (Å²) in [7, 11) is 0. The van der Waals surface area contributed by atoms with Crippen LogP contribution in [0, 0.1) is 12.8 Å². The summed E-state index contributed by atoms with van der Waals surface area (Å²) in [5.74, 6) is 0.415. The normalized spacial score (nSPS) is 18.3. The second kappa shape index (κ2) is 3.44. The van der Waals surface area contributed by atoms with Gasteiger partial charge in [-0.3, -0.25) is 4.79 Å². The number of fused-ring (bicyclic) bond motifs is 1. The molecule has 0 saturated carbocycles. The molecule has 0 aromatic carbocycles. The molecule has 1 N–H and O–H groups in total. The summed E-state index contributed by atoms with van der Waals surface area (Å²) in [6.45, 7) is 2.31. The lowest BCUT2D eigenvalue weighted by Crippen LogP contribution is -2.14. The second-order valence-corrected chi connectivity index (χ2v) is 4.23. The van der Waals surface area contributed by atoms with Crippen molar-refractivity contribution in [2.45, 2.75) is 19.9 Å². The number of aliphatic carboxylic acids is 1.